The summed E-state index contributed by atoms with van der Waals surface area (Å²) < 4.78 is 2.22. The summed E-state index contributed by atoms with van der Waals surface area (Å²) in [4.78, 5) is 28.0. The summed E-state index contributed by atoms with van der Waals surface area (Å²) in [6.07, 6.45) is 11.4. The average molecular weight is 556 g/mol. The van der Waals surface area contributed by atoms with E-state index in [1.54, 1.807) is 0 Å². The van der Waals surface area contributed by atoms with E-state index in [1.165, 1.54) is 17.7 Å². The molecular formula is C36H49N3O2. The predicted octanol–water partition coefficient (Wildman–Crippen LogP) is 7.72. The molecular weight excluding hydrogens is 506 g/mol. The first-order valence-electron chi connectivity index (χ1n) is 15.9. The molecule has 0 N–H and O–H groups in total. The van der Waals surface area contributed by atoms with Crippen molar-refractivity contribution in [1.29, 1.82) is 5.26 Å². The Balaban J connectivity index is 1.50. The van der Waals surface area contributed by atoms with Crippen molar-refractivity contribution in [3.05, 3.63) is 40.8 Å². The zero-order valence-corrected chi connectivity index (χ0v) is 26.8. The van der Waals surface area contributed by atoms with Crippen molar-refractivity contribution in [2.45, 2.75) is 114 Å². The van der Waals surface area contributed by atoms with Crippen LogP contribution >= 0.6 is 0 Å². The van der Waals surface area contributed by atoms with Gasteiger partial charge < -0.3 is 0 Å². The number of ketones is 2. The zero-order chi connectivity index (χ0) is 30.0. The van der Waals surface area contributed by atoms with Crippen LogP contribution in [0.3, 0.4) is 0 Å². The number of aromatic nitrogens is 2. The van der Waals surface area contributed by atoms with Crippen LogP contribution in [0.15, 0.2) is 29.4 Å². The van der Waals surface area contributed by atoms with Crippen molar-refractivity contribution in [1.82, 2.24) is 9.78 Å². The molecule has 0 aliphatic heterocycles. The number of allylic oxidation sites excluding steroid dienone is 4. The van der Waals surface area contributed by atoms with Crippen molar-refractivity contribution in [3.8, 4) is 6.07 Å². The van der Waals surface area contributed by atoms with Crippen molar-refractivity contribution in [2.24, 2.45) is 50.2 Å². The first-order valence-corrected chi connectivity index (χ1v) is 15.9. The van der Waals surface area contributed by atoms with Gasteiger partial charge in [0.15, 0.2) is 11.6 Å². The normalized spacial score (nSPS) is 42.6. The lowest BCUT2D eigenvalue weighted by molar-refractivity contribution is -0.174. The molecule has 7 atom stereocenters. The maximum Gasteiger partial charge on any atom is 0.178 e. The lowest BCUT2D eigenvalue weighted by atomic mass is 9.34. The number of nitriles is 1. The van der Waals surface area contributed by atoms with Crippen LogP contribution in [0.1, 0.15) is 105 Å². The topological polar surface area (TPSA) is 75.8 Å². The first kappa shape index (κ1) is 28.6. The molecule has 0 saturated heterocycles. The van der Waals surface area contributed by atoms with E-state index in [0.717, 1.165) is 50.8 Å². The van der Waals surface area contributed by atoms with Gasteiger partial charge in [0.1, 0.15) is 6.07 Å². The van der Waals surface area contributed by atoms with Gasteiger partial charge in [-0.05, 0) is 104 Å². The van der Waals surface area contributed by atoms with E-state index in [1.807, 2.05) is 26.0 Å². The van der Waals surface area contributed by atoms with Gasteiger partial charge in [0.25, 0.3) is 0 Å². The van der Waals surface area contributed by atoms with Crippen molar-refractivity contribution >= 4 is 11.6 Å². The van der Waals surface area contributed by atoms with Crippen LogP contribution in [0.4, 0.5) is 0 Å². The molecule has 1 heterocycles. The Morgan fingerprint density at radius 2 is 1.68 bits per heavy atom. The van der Waals surface area contributed by atoms with Crippen LogP contribution in [0, 0.1) is 75.4 Å². The van der Waals surface area contributed by atoms with Crippen molar-refractivity contribution < 1.29 is 9.59 Å². The highest BCUT2D eigenvalue weighted by Crippen LogP contribution is 2.74. The minimum Gasteiger partial charge on any atom is -0.295 e. The third-order valence-corrected chi connectivity index (χ3v) is 13.6. The molecule has 6 rings (SSSR count). The van der Waals surface area contributed by atoms with E-state index in [0.29, 0.717) is 5.92 Å². The molecule has 0 amide bonds. The lowest BCUT2D eigenvalue weighted by Gasteiger charge is -2.69. The smallest absolute Gasteiger partial charge is 0.178 e. The Labute approximate surface area is 246 Å². The Morgan fingerprint density at radius 3 is 2.32 bits per heavy atom. The summed E-state index contributed by atoms with van der Waals surface area (Å²) in [5.41, 5.74) is 2.52. The highest BCUT2D eigenvalue weighted by Gasteiger charge is 2.69. The monoisotopic (exact) mass is 555 g/mol. The van der Waals surface area contributed by atoms with Gasteiger partial charge in [-0.1, -0.05) is 60.1 Å². The number of carbonyl (C=O) groups excluding carboxylic acids is 2. The van der Waals surface area contributed by atoms with E-state index in [-0.39, 0.29) is 50.6 Å². The molecule has 0 radical (unpaired) electrons. The minimum atomic E-state index is -0.633. The summed E-state index contributed by atoms with van der Waals surface area (Å²) in [6, 6.07) is 4.40. The molecule has 5 heteroatoms. The number of fused-ring (bicyclic) bond motifs is 7. The minimum absolute atomic E-state index is 0.0284. The molecule has 5 aliphatic carbocycles. The van der Waals surface area contributed by atoms with Crippen LogP contribution in [-0.4, -0.2) is 21.3 Å². The quantitative estimate of drug-likeness (QED) is 0.374. The van der Waals surface area contributed by atoms with Gasteiger partial charge in [-0.25, -0.2) is 0 Å². The summed E-state index contributed by atoms with van der Waals surface area (Å²) in [5, 5.41) is 14.9. The van der Waals surface area contributed by atoms with Gasteiger partial charge in [0.05, 0.1) is 11.3 Å². The van der Waals surface area contributed by atoms with Crippen LogP contribution in [0.5, 0.6) is 0 Å². The molecule has 0 bridgehead atoms. The molecule has 3 saturated carbocycles. The molecule has 1 aromatic rings. The predicted molar refractivity (Wildman–Crippen MR) is 161 cm³/mol. The van der Waals surface area contributed by atoms with Gasteiger partial charge in [0.2, 0.25) is 0 Å². The van der Waals surface area contributed by atoms with E-state index < -0.39 is 10.8 Å². The zero-order valence-electron chi connectivity index (χ0n) is 26.8. The molecule has 3 fully saturated rings. The van der Waals surface area contributed by atoms with E-state index >= 15 is 0 Å². The molecule has 220 valence electrons. The maximum atomic E-state index is 14.7. The third kappa shape index (κ3) is 3.67. The SMILES string of the molecule is Cc1cc(C)n(C[C@]23CCC(C)(C)CC2[C@H]2C(=O)C=C4[C@@]5(C)C=C(C#N)C(=O)C(C)(C)C5CC[C@@]4(C)[C@]2(C)CC3)n1. The fourth-order valence-electron chi connectivity index (χ4n) is 11.1. The van der Waals surface area contributed by atoms with Crippen molar-refractivity contribution in [2.75, 3.05) is 0 Å². The van der Waals surface area contributed by atoms with E-state index in [4.69, 9.17) is 5.10 Å². The van der Waals surface area contributed by atoms with Gasteiger partial charge in [-0.15, -0.1) is 0 Å². The number of rotatable bonds is 2. The molecule has 0 aromatic carbocycles. The summed E-state index contributed by atoms with van der Waals surface area (Å²) in [7, 11) is 0. The molecule has 41 heavy (non-hydrogen) atoms. The first-order chi connectivity index (χ1) is 18.9. The fraction of sp³-hybridized carbons (Fsp3) is 0.722. The maximum absolute atomic E-state index is 14.7. The van der Waals surface area contributed by atoms with Gasteiger partial charge in [-0.2, -0.15) is 10.4 Å². The number of carbonyl (C=O) groups is 2. The second-order valence-electron chi connectivity index (χ2n) is 16.7. The Kier molecular flexibility index (Phi) is 5.97. The molecule has 0 spiro atoms. The summed E-state index contributed by atoms with van der Waals surface area (Å²) in [6.45, 7) is 21.0. The molecule has 1 aromatic heterocycles. The second-order valence-corrected chi connectivity index (χ2v) is 16.7. The number of aryl methyl sites for hydroxylation is 2. The molecule has 5 nitrogen and oxygen atoms in total. The van der Waals surface area contributed by atoms with E-state index in [2.05, 4.69) is 65.3 Å². The van der Waals surface area contributed by atoms with Gasteiger partial charge in [0, 0.05) is 29.0 Å². The van der Waals surface area contributed by atoms with Gasteiger partial charge >= 0.3 is 0 Å². The Bertz CT molecular complexity index is 1450. The van der Waals surface area contributed by atoms with Gasteiger partial charge in [-0.3, -0.25) is 14.3 Å². The van der Waals surface area contributed by atoms with Crippen LogP contribution in [0.25, 0.3) is 0 Å². The third-order valence-electron chi connectivity index (χ3n) is 13.6. The van der Waals surface area contributed by atoms with Crippen LogP contribution in [-0.2, 0) is 16.1 Å². The highest BCUT2D eigenvalue weighted by molar-refractivity contribution is 6.04. The standard InChI is InChI=1S/C36H49N3O2/c1-22-16-23(2)39(38-22)21-36-14-12-31(3,4)19-25(36)29-26(40)17-28-33(7)18-24(20-37)30(41)32(5,6)27(33)10-11-34(28,8)35(29,9)13-15-36/h16-18,25,27,29H,10-15,19,21H2,1-9H3/t25?,27?,29-,33-,34+,35+,36+/m0/s1. The summed E-state index contributed by atoms with van der Waals surface area (Å²) >= 11 is 0. The number of nitrogens with zero attached hydrogens (tertiary/aromatic N) is 3. The Morgan fingerprint density at radius 1 is 1.00 bits per heavy atom. The second kappa shape index (κ2) is 8.55. The number of Topliss-reactive ketones (excluding diaryl/α,β-unsaturated/α-hetero) is 1. The highest BCUT2D eigenvalue weighted by atomic mass is 16.1. The molecule has 2 unspecified atom stereocenters. The Hall–Kier alpha value is -2.48. The van der Waals surface area contributed by atoms with Crippen molar-refractivity contribution in [3.63, 3.8) is 0 Å². The summed E-state index contributed by atoms with van der Waals surface area (Å²) in [5.74, 6) is 0.585. The number of hydrogen-bond acceptors (Lipinski definition) is 4. The average Bonchev–Trinajstić information content (AvgIpc) is 3.19. The fourth-order valence-corrected chi connectivity index (χ4v) is 11.1. The number of hydrogen-bond donors (Lipinski definition) is 0. The van der Waals surface area contributed by atoms with Crippen LogP contribution in [0.2, 0.25) is 0 Å². The largest absolute Gasteiger partial charge is 0.295 e. The van der Waals surface area contributed by atoms with E-state index in [9.17, 15) is 14.9 Å². The molecule has 5 aliphatic rings. The lowest BCUT2D eigenvalue weighted by Crippen LogP contribution is -2.65. The van der Waals surface area contributed by atoms with Crippen LogP contribution < -0.4 is 0 Å².